The lowest BCUT2D eigenvalue weighted by molar-refractivity contribution is -0.146. The number of nitrogens with zero attached hydrogens (tertiary/aromatic N) is 1. The zero-order valence-electron chi connectivity index (χ0n) is 21.6. The van der Waals surface area contributed by atoms with E-state index in [0.29, 0.717) is 25.9 Å². The van der Waals surface area contributed by atoms with Crippen molar-refractivity contribution in [2.24, 2.45) is 17.3 Å². The molecule has 0 radical (unpaired) electrons. The van der Waals surface area contributed by atoms with Gasteiger partial charge in [-0.3, -0.25) is 24.0 Å². The topological polar surface area (TPSA) is 125 Å². The maximum Gasteiger partial charge on any atom is 0.289 e. The van der Waals surface area contributed by atoms with Crippen molar-refractivity contribution in [3.8, 4) is 0 Å². The zero-order valence-corrected chi connectivity index (χ0v) is 21.6. The van der Waals surface area contributed by atoms with Crippen molar-refractivity contribution in [3.05, 3.63) is 35.9 Å². The first-order valence-corrected chi connectivity index (χ1v) is 14.1. The molecule has 4 amide bonds. The Hall–Kier alpha value is -3.23. The molecular formula is C29H36N4O5. The number of benzene rings is 1. The van der Waals surface area contributed by atoms with Gasteiger partial charge in [-0.05, 0) is 74.7 Å². The van der Waals surface area contributed by atoms with Crippen LogP contribution in [0.4, 0.5) is 0 Å². The molecule has 5 aliphatic rings. The van der Waals surface area contributed by atoms with Crippen molar-refractivity contribution in [1.29, 1.82) is 0 Å². The summed E-state index contributed by atoms with van der Waals surface area (Å²) in [5.41, 5.74) is 1.24. The summed E-state index contributed by atoms with van der Waals surface area (Å²) >= 11 is 0. The van der Waals surface area contributed by atoms with E-state index in [4.69, 9.17) is 0 Å². The van der Waals surface area contributed by atoms with E-state index < -0.39 is 35.6 Å². The molecule has 2 heterocycles. The molecule has 5 atom stereocenters. The van der Waals surface area contributed by atoms with Crippen LogP contribution in [0.5, 0.6) is 0 Å². The lowest BCUT2D eigenvalue weighted by Crippen LogP contribution is -2.58. The first kappa shape index (κ1) is 25.1. The largest absolute Gasteiger partial charge is 0.356 e. The van der Waals surface area contributed by atoms with Gasteiger partial charge in [-0.15, -0.1) is 0 Å². The van der Waals surface area contributed by atoms with Crippen LogP contribution in [0.15, 0.2) is 30.3 Å². The van der Waals surface area contributed by atoms with Crippen LogP contribution in [0.25, 0.3) is 0 Å². The Kier molecular flexibility index (Phi) is 6.48. The molecule has 0 aromatic heterocycles. The van der Waals surface area contributed by atoms with E-state index in [1.165, 1.54) is 0 Å². The minimum absolute atomic E-state index is 0.000901. The number of nitrogens with one attached hydrogen (secondary N) is 3. The van der Waals surface area contributed by atoms with Crippen molar-refractivity contribution in [1.82, 2.24) is 20.9 Å². The fourth-order valence-corrected chi connectivity index (χ4v) is 6.31. The summed E-state index contributed by atoms with van der Waals surface area (Å²) in [5.74, 6) is -2.38. The van der Waals surface area contributed by atoms with E-state index in [1.54, 1.807) is 4.90 Å². The summed E-state index contributed by atoms with van der Waals surface area (Å²) in [7, 11) is 0. The Labute approximate surface area is 222 Å². The van der Waals surface area contributed by atoms with Crippen LogP contribution in [-0.4, -0.2) is 65.5 Å². The Morgan fingerprint density at radius 1 is 1.05 bits per heavy atom. The fourth-order valence-electron chi connectivity index (χ4n) is 6.31. The number of likely N-dealkylation sites (tertiary alicyclic amines) is 1. The molecule has 3 aliphatic carbocycles. The molecule has 0 unspecified atom stereocenters. The molecule has 1 aromatic rings. The summed E-state index contributed by atoms with van der Waals surface area (Å²) in [6, 6.07) is 8.24. The van der Waals surface area contributed by atoms with E-state index in [9.17, 15) is 24.0 Å². The lowest BCUT2D eigenvalue weighted by atomic mass is 9.86. The van der Waals surface area contributed by atoms with Gasteiger partial charge in [-0.2, -0.15) is 0 Å². The lowest BCUT2D eigenvalue weighted by Gasteiger charge is -2.39. The maximum atomic E-state index is 13.8. The summed E-state index contributed by atoms with van der Waals surface area (Å²) in [5, 5.41) is 8.31. The molecule has 5 fully saturated rings. The molecule has 6 rings (SSSR count). The Balaban J connectivity index is 1.17. The highest BCUT2D eigenvalue weighted by atomic mass is 16.2. The summed E-state index contributed by atoms with van der Waals surface area (Å²) < 4.78 is 0. The normalized spacial score (nSPS) is 29.8. The third-order valence-electron chi connectivity index (χ3n) is 9.22. The third kappa shape index (κ3) is 5.20. The number of piperidine rings is 1. The van der Waals surface area contributed by atoms with Crippen molar-refractivity contribution in [2.45, 2.75) is 81.8 Å². The number of hydrogen-bond acceptors (Lipinski definition) is 5. The van der Waals surface area contributed by atoms with E-state index in [2.05, 4.69) is 16.0 Å². The van der Waals surface area contributed by atoms with Crippen LogP contribution in [0, 0.1) is 17.3 Å². The van der Waals surface area contributed by atoms with Crippen LogP contribution in [0.1, 0.15) is 69.3 Å². The number of carbonyl (C=O) groups is 5. The first-order chi connectivity index (χ1) is 18.3. The summed E-state index contributed by atoms with van der Waals surface area (Å²) in [4.78, 5) is 67.1. The zero-order chi connectivity index (χ0) is 26.4. The van der Waals surface area contributed by atoms with Gasteiger partial charge in [0.05, 0.1) is 6.04 Å². The highest BCUT2D eigenvalue weighted by molar-refractivity contribution is 6.38. The quantitative estimate of drug-likeness (QED) is 0.425. The second-order valence-corrected chi connectivity index (χ2v) is 12.0. The molecule has 9 nitrogen and oxygen atoms in total. The second kappa shape index (κ2) is 9.82. The van der Waals surface area contributed by atoms with Crippen molar-refractivity contribution in [2.75, 3.05) is 13.1 Å². The van der Waals surface area contributed by atoms with Gasteiger partial charge in [0.1, 0.15) is 6.04 Å². The van der Waals surface area contributed by atoms with Gasteiger partial charge in [0.15, 0.2) is 0 Å². The average Bonchev–Trinajstić information content (AvgIpc) is 3.83. The van der Waals surface area contributed by atoms with Gasteiger partial charge >= 0.3 is 0 Å². The molecule has 38 heavy (non-hydrogen) atoms. The molecule has 3 N–H and O–H groups in total. The predicted octanol–water partition coefficient (Wildman–Crippen LogP) is 1.42. The molecular weight excluding hydrogens is 484 g/mol. The SMILES string of the molecule is O=C(NC1CC1)C(=O)[C@H](C[C@@H]1CCNC1=O)NC(=O)[C@@H]1CC2(CCN1C(=O)[C@@H]1C[C@H]1c1ccccc1)CC2. The van der Waals surface area contributed by atoms with E-state index in [-0.39, 0.29) is 41.5 Å². The summed E-state index contributed by atoms with van der Waals surface area (Å²) in [6.07, 6.45) is 6.65. The number of rotatable bonds is 9. The Bertz CT molecular complexity index is 1140. The highest BCUT2D eigenvalue weighted by Crippen LogP contribution is 2.56. The molecule has 1 spiro atoms. The molecule has 3 saturated carbocycles. The number of ketones is 1. The van der Waals surface area contributed by atoms with Gasteiger partial charge in [0.2, 0.25) is 23.5 Å². The third-order valence-corrected chi connectivity index (χ3v) is 9.22. The predicted molar refractivity (Wildman–Crippen MR) is 138 cm³/mol. The van der Waals surface area contributed by atoms with Gasteiger partial charge < -0.3 is 20.9 Å². The minimum Gasteiger partial charge on any atom is -0.356 e. The minimum atomic E-state index is -1.10. The number of carbonyl (C=O) groups excluding carboxylic acids is 5. The van der Waals surface area contributed by atoms with Crippen LogP contribution < -0.4 is 16.0 Å². The van der Waals surface area contributed by atoms with Crippen LogP contribution in [-0.2, 0) is 24.0 Å². The van der Waals surface area contributed by atoms with Crippen LogP contribution in [0.2, 0.25) is 0 Å². The molecule has 0 bridgehead atoms. The summed E-state index contributed by atoms with van der Waals surface area (Å²) in [6.45, 7) is 1.05. The number of Topliss-reactive ketones (excluding diaryl/α,β-unsaturated/α-hetero) is 1. The number of hydrogen-bond donors (Lipinski definition) is 3. The van der Waals surface area contributed by atoms with Crippen molar-refractivity contribution >= 4 is 29.4 Å². The number of amides is 4. The standard InChI is InChI=1S/C29H36N4O5/c34-24(27(37)31-19-6-7-19)22(14-18-8-12-30-25(18)35)32-26(36)23-16-29(9-10-29)11-13-33(23)28(38)21-15-20(21)17-4-2-1-3-5-17/h1-5,18-23H,6-16H2,(H,30,35)(H,31,37)(H,32,36)/t18-,20-,21+,22-,23-/m0/s1. The molecule has 2 aliphatic heterocycles. The van der Waals surface area contributed by atoms with Gasteiger partial charge in [0.25, 0.3) is 5.91 Å². The van der Waals surface area contributed by atoms with Crippen LogP contribution >= 0.6 is 0 Å². The Morgan fingerprint density at radius 2 is 1.82 bits per heavy atom. The van der Waals surface area contributed by atoms with Gasteiger partial charge in [-0.25, -0.2) is 0 Å². The fraction of sp³-hybridized carbons (Fsp3) is 0.621. The van der Waals surface area contributed by atoms with E-state index in [1.807, 2.05) is 30.3 Å². The van der Waals surface area contributed by atoms with Gasteiger partial charge in [0, 0.05) is 31.0 Å². The first-order valence-electron chi connectivity index (χ1n) is 14.1. The van der Waals surface area contributed by atoms with E-state index >= 15 is 0 Å². The highest BCUT2D eigenvalue weighted by Gasteiger charge is 2.54. The monoisotopic (exact) mass is 520 g/mol. The molecule has 2 saturated heterocycles. The second-order valence-electron chi connectivity index (χ2n) is 12.0. The maximum absolute atomic E-state index is 13.8. The van der Waals surface area contributed by atoms with Crippen molar-refractivity contribution < 1.29 is 24.0 Å². The van der Waals surface area contributed by atoms with Crippen LogP contribution in [0.3, 0.4) is 0 Å². The molecule has 1 aromatic carbocycles. The molecule has 202 valence electrons. The van der Waals surface area contributed by atoms with E-state index in [0.717, 1.165) is 44.1 Å². The Morgan fingerprint density at radius 3 is 2.47 bits per heavy atom. The van der Waals surface area contributed by atoms with Crippen molar-refractivity contribution in [3.63, 3.8) is 0 Å². The van der Waals surface area contributed by atoms with Gasteiger partial charge in [-0.1, -0.05) is 30.3 Å². The smallest absolute Gasteiger partial charge is 0.289 e. The average molecular weight is 521 g/mol. The molecule has 9 heteroatoms.